The second kappa shape index (κ2) is 9.28. The summed E-state index contributed by atoms with van der Waals surface area (Å²) < 4.78 is 5.18. The normalized spacial score (nSPS) is 11.2. The Kier molecular flexibility index (Phi) is 8.02. The van der Waals surface area contributed by atoms with Gasteiger partial charge in [0, 0.05) is 32.1 Å². The van der Waals surface area contributed by atoms with Crippen molar-refractivity contribution >= 4 is 16.5 Å². The van der Waals surface area contributed by atoms with E-state index in [1.165, 1.54) is 0 Å². The fourth-order valence-corrected chi connectivity index (χ4v) is 2.69. The minimum atomic E-state index is 0.627. The van der Waals surface area contributed by atoms with Crippen LogP contribution in [0.1, 0.15) is 32.9 Å². The second-order valence-electron chi connectivity index (χ2n) is 5.13. The molecule has 0 aliphatic rings. The van der Waals surface area contributed by atoms with Gasteiger partial charge < -0.3 is 15.0 Å². The molecule has 0 aromatic carbocycles. The number of ether oxygens (including phenoxy) is 1. The van der Waals surface area contributed by atoms with E-state index >= 15 is 0 Å². The zero-order valence-electron chi connectivity index (χ0n) is 12.6. The average Bonchev–Trinajstić information content (AvgIpc) is 2.83. The molecule has 0 atom stereocenters. The van der Waals surface area contributed by atoms with Gasteiger partial charge in [0.2, 0.25) is 0 Å². The number of methoxy groups -OCH3 is 1. The molecule has 1 heterocycles. The summed E-state index contributed by atoms with van der Waals surface area (Å²) in [7, 11) is 1.75. The first-order valence-electron chi connectivity index (χ1n) is 7.06. The first-order chi connectivity index (χ1) is 9.17. The molecule has 4 nitrogen and oxygen atoms in total. The fraction of sp³-hybridized carbons (Fsp3) is 0.786. The monoisotopic (exact) mass is 285 g/mol. The molecule has 0 fully saturated rings. The van der Waals surface area contributed by atoms with Gasteiger partial charge in [-0.25, -0.2) is 4.98 Å². The molecule has 5 heteroatoms. The summed E-state index contributed by atoms with van der Waals surface area (Å²) in [5, 5.41) is 6.65. The Bertz CT molecular complexity index is 341. The van der Waals surface area contributed by atoms with E-state index < -0.39 is 0 Å². The van der Waals surface area contributed by atoms with E-state index in [2.05, 4.69) is 36.4 Å². The van der Waals surface area contributed by atoms with Crippen molar-refractivity contribution in [1.29, 1.82) is 0 Å². The van der Waals surface area contributed by atoms with Gasteiger partial charge in [-0.3, -0.25) is 0 Å². The molecule has 0 unspecified atom stereocenters. The number of aromatic nitrogens is 1. The van der Waals surface area contributed by atoms with E-state index in [0.29, 0.717) is 5.92 Å². The second-order valence-corrected chi connectivity index (χ2v) is 5.97. The van der Waals surface area contributed by atoms with Gasteiger partial charge in [0.1, 0.15) is 0 Å². The third-order valence-electron chi connectivity index (χ3n) is 2.69. The summed E-state index contributed by atoms with van der Waals surface area (Å²) in [5.41, 5.74) is 1.14. The highest BCUT2D eigenvalue weighted by Gasteiger charge is 2.12. The maximum absolute atomic E-state index is 5.18. The summed E-state index contributed by atoms with van der Waals surface area (Å²) in [6, 6.07) is 0. The third kappa shape index (κ3) is 6.36. The lowest BCUT2D eigenvalue weighted by Crippen LogP contribution is -2.30. The molecule has 110 valence electrons. The molecule has 0 saturated carbocycles. The lowest BCUT2D eigenvalue weighted by molar-refractivity contribution is 0.204. The van der Waals surface area contributed by atoms with Crippen molar-refractivity contribution in [2.75, 3.05) is 38.3 Å². The first kappa shape index (κ1) is 16.4. The molecule has 1 aromatic rings. The van der Waals surface area contributed by atoms with Gasteiger partial charge in [0.05, 0.1) is 12.3 Å². The Morgan fingerprint density at radius 1 is 1.47 bits per heavy atom. The highest BCUT2D eigenvalue weighted by molar-refractivity contribution is 7.13. The summed E-state index contributed by atoms with van der Waals surface area (Å²) in [4.78, 5) is 7.04. The predicted molar refractivity (Wildman–Crippen MR) is 83.0 cm³/mol. The first-order valence-corrected chi connectivity index (χ1v) is 7.94. The van der Waals surface area contributed by atoms with Crippen molar-refractivity contribution in [3.05, 3.63) is 11.1 Å². The molecule has 0 amide bonds. The number of thiazole rings is 1. The van der Waals surface area contributed by atoms with E-state index in [4.69, 9.17) is 9.72 Å². The highest BCUT2D eigenvalue weighted by Crippen LogP contribution is 2.21. The van der Waals surface area contributed by atoms with Crippen LogP contribution in [0, 0.1) is 5.92 Å². The van der Waals surface area contributed by atoms with Crippen molar-refractivity contribution in [3.8, 4) is 0 Å². The van der Waals surface area contributed by atoms with Crippen LogP contribution in [0.15, 0.2) is 5.38 Å². The third-order valence-corrected chi connectivity index (χ3v) is 3.64. The number of hydrogen-bond acceptors (Lipinski definition) is 5. The maximum atomic E-state index is 5.18. The lowest BCUT2D eigenvalue weighted by atomic mass is 10.2. The van der Waals surface area contributed by atoms with Gasteiger partial charge in [-0.05, 0) is 18.9 Å². The summed E-state index contributed by atoms with van der Waals surface area (Å²) in [5.74, 6) is 0.627. The minimum absolute atomic E-state index is 0.627. The molecule has 0 saturated heterocycles. The van der Waals surface area contributed by atoms with Crippen molar-refractivity contribution in [2.24, 2.45) is 5.92 Å². The van der Waals surface area contributed by atoms with Gasteiger partial charge in [0.25, 0.3) is 0 Å². The number of nitrogens with zero attached hydrogens (tertiary/aromatic N) is 2. The molecule has 1 aromatic heterocycles. The van der Waals surface area contributed by atoms with Crippen LogP contribution >= 0.6 is 11.3 Å². The minimum Gasteiger partial charge on any atom is -0.383 e. The van der Waals surface area contributed by atoms with Crippen LogP contribution in [0.3, 0.4) is 0 Å². The SMILES string of the molecule is CCCNCc1csc(N(CCOC)CC(C)C)n1. The molecular weight excluding hydrogens is 258 g/mol. The molecular formula is C14H27N3OS. The van der Waals surface area contributed by atoms with Crippen LogP contribution in [0.25, 0.3) is 0 Å². The Morgan fingerprint density at radius 2 is 2.26 bits per heavy atom. The average molecular weight is 285 g/mol. The largest absolute Gasteiger partial charge is 0.383 e. The number of anilines is 1. The Hall–Kier alpha value is -0.650. The number of nitrogens with one attached hydrogen (secondary N) is 1. The van der Waals surface area contributed by atoms with Gasteiger partial charge in [-0.15, -0.1) is 11.3 Å². The molecule has 19 heavy (non-hydrogen) atoms. The van der Waals surface area contributed by atoms with Gasteiger partial charge in [0.15, 0.2) is 5.13 Å². The number of rotatable bonds is 10. The standard InChI is InChI=1S/C14H27N3OS/c1-5-6-15-9-13-11-19-14(16-13)17(7-8-18-4)10-12(2)3/h11-12,15H,5-10H2,1-4H3. The zero-order chi connectivity index (χ0) is 14.1. The molecule has 0 aliphatic heterocycles. The van der Waals surface area contributed by atoms with E-state index in [-0.39, 0.29) is 0 Å². The zero-order valence-corrected chi connectivity index (χ0v) is 13.4. The van der Waals surface area contributed by atoms with Crippen LogP contribution in [0.4, 0.5) is 5.13 Å². The number of hydrogen-bond donors (Lipinski definition) is 1. The van der Waals surface area contributed by atoms with Crippen LogP contribution in [-0.4, -0.2) is 38.3 Å². The molecule has 0 spiro atoms. The van der Waals surface area contributed by atoms with Gasteiger partial charge in [-0.1, -0.05) is 20.8 Å². The molecule has 1 N–H and O–H groups in total. The summed E-state index contributed by atoms with van der Waals surface area (Å²) in [6.45, 7) is 11.2. The highest BCUT2D eigenvalue weighted by atomic mass is 32.1. The molecule has 1 rings (SSSR count). The smallest absolute Gasteiger partial charge is 0.185 e. The molecule has 0 bridgehead atoms. The Labute approximate surface area is 121 Å². The van der Waals surface area contributed by atoms with E-state index in [1.54, 1.807) is 18.4 Å². The van der Waals surface area contributed by atoms with E-state index in [0.717, 1.165) is 50.0 Å². The van der Waals surface area contributed by atoms with Crippen LogP contribution in [0.2, 0.25) is 0 Å². The van der Waals surface area contributed by atoms with Crippen LogP contribution < -0.4 is 10.2 Å². The Morgan fingerprint density at radius 3 is 2.89 bits per heavy atom. The van der Waals surface area contributed by atoms with Gasteiger partial charge >= 0.3 is 0 Å². The van der Waals surface area contributed by atoms with Crippen LogP contribution in [-0.2, 0) is 11.3 Å². The fourth-order valence-electron chi connectivity index (χ4n) is 1.82. The summed E-state index contributed by atoms with van der Waals surface area (Å²) in [6.07, 6.45) is 1.16. The molecule has 0 radical (unpaired) electrons. The van der Waals surface area contributed by atoms with Crippen molar-refractivity contribution < 1.29 is 4.74 Å². The van der Waals surface area contributed by atoms with Crippen molar-refractivity contribution in [3.63, 3.8) is 0 Å². The quantitative estimate of drug-likeness (QED) is 0.671. The lowest BCUT2D eigenvalue weighted by Gasteiger charge is -2.23. The van der Waals surface area contributed by atoms with Crippen molar-refractivity contribution in [2.45, 2.75) is 33.7 Å². The predicted octanol–water partition coefficient (Wildman–Crippen LogP) is 2.75. The topological polar surface area (TPSA) is 37.4 Å². The maximum Gasteiger partial charge on any atom is 0.185 e. The molecule has 0 aliphatic carbocycles. The van der Waals surface area contributed by atoms with Crippen LogP contribution in [0.5, 0.6) is 0 Å². The van der Waals surface area contributed by atoms with Gasteiger partial charge in [-0.2, -0.15) is 0 Å². The van der Waals surface area contributed by atoms with Crippen molar-refractivity contribution in [1.82, 2.24) is 10.3 Å². The summed E-state index contributed by atoms with van der Waals surface area (Å²) >= 11 is 1.73. The van der Waals surface area contributed by atoms with E-state index in [9.17, 15) is 0 Å². The Balaban J connectivity index is 2.57. The van der Waals surface area contributed by atoms with E-state index in [1.807, 2.05) is 0 Å².